The average molecular weight is 491 g/mol. The van der Waals surface area contributed by atoms with Crippen molar-refractivity contribution in [3.05, 3.63) is 51.0 Å². The number of halogens is 2. The maximum absolute atomic E-state index is 13.7. The highest BCUT2D eigenvalue weighted by atomic mass is 79.9. The number of aromatic nitrogens is 2. The number of hydrogen-bond acceptors (Lipinski definition) is 3. The largest absolute Gasteiger partial charge is 0.340 e. The van der Waals surface area contributed by atoms with Crippen molar-refractivity contribution in [2.45, 2.75) is 45.6 Å². The summed E-state index contributed by atoms with van der Waals surface area (Å²) < 4.78 is 16.0. The zero-order chi connectivity index (χ0) is 22.3. The fraction of sp³-hybridized carbons (Fsp3) is 0.522. The van der Waals surface area contributed by atoms with Gasteiger partial charge < -0.3 is 9.80 Å². The van der Waals surface area contributed by atoms with Gasteiger partial charge in [0.05, 0.1) is 22.6 Å². The normalized spacial score (nSPS) is 20.4. The van der Waals surface area contributed by atoms with E-state index in [9.17, 15) is 14.0 Å². The molecule has 0 radical (unpaired) electrons. The van der Waals surface area contributed by atoms with Crippen LogP contribution in [-0.2, 0) is 29.5 Å². The predicted octanol–water partition coefficient (Wildman–Crippen LogP) is 3.17. The van der Waals surface area contributed by atoms with Gasteiger partial charge in [-0.3, -0.25) is 14.3 Å². The zero-order valence-corrected chi connectivity index (χ0v) is 19.8. The van der Waals surface area contributed by atoms with Gasteiger partial charge in [-0.15, -0.1) is 0 Å². The summed E-state index contributed by atoms with van der Waals surface area (Å²) in [6.07, 6.45) is 2.15. The van der Waals surface area contributed by atoms with Crippen LogP contribution in [0.4, 0.5) is 4.39 Å². The van der Waals surface area contributed by atoms with Crippen LogP contribution < -0.4 is 0 Å². The van der Waals surface area contributed by atoms with Crippen LogP contribution >= 0.6 is 15.9 Å². The number of carbonyl (C=O) groups excluding carboxylic acids is 2. The first kappa shape index (κ1) is 22.0. The van der Waals surface area contributed by atoms with Gasteiger partial charge in [0.25, 0.3) is 0 Å². The lowest BCUT2D eigenvalue weighted by Crippen LogP contribution is -2.41. The Hall–Kier alpha value is -2.22. The second-order valence-electron chi connectivity index (χ2n) is 8.70. The minimum Gasteiger partial charge on any atom is -0.340 e. The van der Waals surface area contributed by atoms with E-state index in [0.717, 1.165) is 35.5 Å². The van der Waals surface area contributed by atoms with E-state index in [0.29, 0.717) is 42.7 Å². The smallest absolute Gasteiger partial charge is 0.227 e. The number of fused-ring (bicyclic) bond motifs is 1. The minimum absolute atomic E-state index is 0.0871. The van der Waals surface area contributed by atoms with Gasteiger partial charge in [-0.25, -0.2) is 4.39 Å². The van der Waals surface area contributed by atoms with E-state index in [2.05, 4.69) is 21.0 Å². The molecule has 0 aliphatic carbocycles. The van der Waals surface area contributed by atoms with Gasteiger partial charge in [0, 0.05) is 50.3 Å². The number of aryl methyl sites for hydroxylation is 3. The van der Waals surface area contributed by atoms with Crippen LogP contribution in [-0.4, -0.2) is 57.1 Å². The third kappa shape index (κ3) is 4.40. The van der Waals surface area contributed by atoms with Crippen LogP contribution in [0.25, 0.3) is 0 Å². The standard InChI is InChI=1S/C23H28BrFN4O2/c1-14-18(15(2)27(3)26-14)11-23(31)28-12-17-8-9-29(21(17)13-28)22(30)7-5-16-4-6-19(24)20(25)10-16/h4,6,10,17,21H,5,7-9,11-13H2,1-3H3/t17-,21+/m0/s1. The summed E-state index contributed by atoms with van der Waals surface area (Å²) in [7, 11) is 1.89. The first-order chi connectivity index (χ1) is 14.7. The van der Waals surface area contributed by atoms with Gasteiger partial charge in [0.2, 0.25) is 11.8 Å². The van der Waals surface area contributed by atoms with Gasteiger partial charge in [-0.05, 0) is 60.3 Å². The molecule has 3 heterocycles. The predicted molar refractivity (Wildman–Crippen MR) is 119 cm³/mol. The van der Waals surface area contributed by atoms with Gasteiger partial charge in [0.15, 0.2) is 0 Å². The Bertz CT molecular complexity index is 1020. The molecule has 166 valence electrons. The van der Waals surface area contributed by atoms with E-state index < -0.39 is 0 Å². The van der Waals surface area contributed by atoms with Crippen molar-refractivity contribution in [2.75, 3.05) is 19.6 Å². The van der Waals surface area contributed by atoms with Crippen LogP contribution in [0.15, 0.2) is 22.7 Å². The number of likely N-dealkylation sites (tertiary alicyclic amines) is 2. The van der Waals surface area contributed by atoms with E-state index in [1.807, 2.05) is 41.4 Å². The number of rotatable bonds is 5. The molecule has 0 unspecified atom stereocenters. The molecule has 2 aliphatic heterocycles. The molecule has 2 fully saturated rings. The maximum Gasteiger partial charge on any atom is 0.227 e. The lowest BCUT2D eigenvalue weighted by atomic mass is 10.0. The molecule has 2 aliphatic rings. The molecule has 2 saturated heterocycles. The lowest BCUT2D eigenvalue weighted by molar-refractivity contribution is -0.134. The Labute approximate surface area is 190 Å². The molecule has 1 aromatic heterocycles. The first-order valence-corrected chi connectivity index (χ1v) is 11.5. The highest BCUT2D eigenvalue weighted by Gasteiger charge is 2.44. The van der Waals surface area contributed by atoms with Gasteiger partial charge in [0.1, 0.15) is 5.82 Å². The molecule has 2 aromatic rings. The summed E-state index contributed by atoms with van der Waals surface area (Å²) in [5, 5.41) is 4.41. The molecule has 0 saturated carbocycles. The molecule has 4 rings (SSSR count). The highest BCUT2D eigenvalue weighted by molar-refractivity contribution is 9.10. The minimum atomic E-state index is -0.310. The quantitative estimate of drug-likeness (QED) is 0.646. The Morgan fingerprint density at radius 3 is 2.68 bits per heavy atom. The summed E-state index contributed by atoms with van der Waals surface area (Å²) in [6.45, 7) is 5.97. The Kier molecular flexibility index (Phi) is 6.19. The first-order valence-electron chi connectivity index (χ1n) is 10.7. The molecular weight excluding hydrogens is 463 g/mol. The summed E-state index contributed by atoms with van der Waals surface area (Å²) in [5.41, 5.74) is 3.73. The van der Waals surface area contributed by atoms with Crippen molar-refractivity contribution >= 4 is 27.7 Å². The average Bonchev–Trinajstić information content (AvgIpc) is 3.38. The van der Waals surface area contributed by atoms with Crippen LogP contribution in [0.5, 0.6) is 0 Å². The van der Waals surface area contributed by atoms with Crippen LogP contribution in [0.3, 0.4) is 0 Å². The summed E-state index contributed by atoms with van der Waals surface area (Å²) in [4.78, 5) is 29.7. The number of nitrogens with zero attached hydrogens (tertiary/aromatic N) is 4. The molecule has 1 aromatic carbocycles. The fourth-order valence-corrected chi connectivity index (χ4v) is 5.15. The topological polar surface area (TPSA) is 58.4 Å². The second-order valence-corrected chi connectivity index (χ2v) is 9.55. The Morgan fingerprint density at radius 1 is 1.23 bits per heavy atom. The molecular formula is C23H28BrFN4O2. The van der Waals surface area contributed by atoms with Crippen LogP contribution in [0.1, 0.15) is 35.4 Å². The molecule has 0 bridgehead atoms. The van der Waals surface area contributed by atoms with Crippen molar-refractivity contribution < 1.29 is 14.0 Å². The van der Waals surface area contributed by atoms with Crippen molar-refractivity contribution in [1.82, 2.24) is 19.6 Å². The van der Waals surface area contributed by atoms with E-state index in [1.54, 1.807) is 6.07 Å². The monoisotopic (exact) mass is 490 g/mol. The van der Waals surface area contributed by atoms with Gasteiger partial charge >= 0.3 is 0 Å². The zero-order valence-electron chi connectivity index (χ0n) is 18.2. The SMILES string of the molecule is Cc1nn(C)c(C)c1CC(=O)N1C[C@@H]2CCN(C(=O)CCc3ccc(Br)c(F)c3)[C@@H]2C1. The van der Waals surface area contributed by atoms with E-state index >= 15 is 0 Å². The fourth-order valence-electron chi connectivity index (χ4n) is 4.90. The molecule has 0 spiro atoms. The second kappa shape index (κ2) is 8.73. The Morgan fingerprint density at radius 2 is 2.00 bits per heavy atom. The van der Waals surface area contributed by atoms with E-state index in [4.69, 9.17) is 0 Å². The molecule has 8 heteroatoms. The van der Waals surface area contributed by atoms with E-state index in [-0.39, 0.29) is 23.7 Å². The van der Waals surface area contributed by atoms with Crippen molar-refractivity contribution in [2.24, 2.45) is 13.0 Å². The number of hydrogen-bond donors (Lipinski definition) is 0. The van der Waals surface area contributed by atoms with Crippen molar-refractivity contribution in [3.63, 3.8) is 0 Å². The number of carbonyl (C=O) groups is 2. The summed E-state index contributed by atoms with van der Waals surface area (Å²) in [5.74, 6) is 0.222. The summed E-state index contributed by atoms with van der Waals surface area (Å²) >= 11 is 3.15. The van der Waals surface area contributed by atoms with Crippen molar-refractivity contribution in [1.29, 1.82) is 0 Å². The van der Waals surface area contributed by atoms with E-state index in [1.165, 1.54) is 6.07 Å². The van der Waals surface area contributed by atoms with Gasteiger partial charge in [-0.1, -0.05) is 6.07 Å². The number of amides is 2. The van der Waals surface area contributed by atoms with Crippen LogP contribution in [0, 0.1) is 25.6 Å². The highest BCUT2D eigenvalue weighted by Crippen LogP contribution is 2.32. The summed E-state index contributed by atoms with van der Waals surface area (Å²) in [6, 6.07) is 5.08. The molecule has 2 atom stereocenters. The van der Waals surface area contributed by atoms with Crippen LogP contribution in [0.2, 0.25) is 0 Å². The maximum atomic E-state index is 13.7. The van der Waals surface area contributed by atoms with Crippen molar-refractivity contribution in [3.8, 4) is 0 Å². The third-order valence-electron chi connectivity index (χ3n) is 6.82. The van der Waals surface area contributed by atoms with Gasteiger partial charge in [-0.2, -0.15) is 5.10 Å². The molecule has 6 nitrogen and oxygen atoms in total. The molecule has 31 heavy (non-hydrogen) atoms. The third-order valence-corrected chi connectivity index (χ3v) is 7.46. The Balaban J connectivity index is 1.35. The molecule has 2 amide bonds. The number of benzene rings is 1. The lowest BCUT2D eigenvalue weighted by Gasteiger charge is -2.25. The molecule has 0 N–H and O–H groups in total.